The van der Waals surface area contributed by atoms with E-state index in [-0.39, 0.29) is 0 Å². The van der Waals surface area contributed by atoms with Gasteiger partial charge in [-0.15, -0.1) is 0 Å². The smallest absolute Gasteiger partial charge is 0.191 e. The fourth-order valence-corrected chi connectivity index (χ4v) is 2.26. The Hall–Kier alpha value is -1.75. The molecule has 2 N–H and O–H groups in total. The summed E-state index contributed by atoms with van der Waals surface area (Å²) in [5.41, 5.74) is 1.16. The molecule has 0 saturated heterocycles. The van der Waals surface area contributed by atoms with Crippen LogP contribution in [0.15, 0.2) is 29.3 Å². The summed E-state index contributed by atoms with van der Waals surface area (Å²) in [7, 11) is 3.49. The molecule has 0 bridgehead atoms. The highest BCUT2D eigenvalue weighted by Crippen LogP contribution is 2.27. The second-order valence-electron chi connectivity index (χ2n) is 5.48. The SMILES string of the molecule is CN=C(NCCCOC)NCc1ccccc1OC1CCC1. The number of hydrogen-bond acceptors (Lipinski definition) is 3. The Morgan fingerprint density at radius 3 is 2.77 bits per heavy atom. The molecule has 5 nitrogen and oxygen atoms in total. The van der Waals surface area contributed by atoms with Crippen molar-refractivity contribution in [3.05, 3.63) is 29.8 Å². The molecule has 22 heavy (non-hydrogen) atoms. The molecule has 1 saturated carbocycles. The summed E-state index contributed by atoms with van der Waals surface area (Å²) < 4.78 is 11.1. The van der Waals surface area contributed by atoms with E-state index in [0.717, 1.165) is 36.8 Å². The molecule has 0 radical (unpaired) electrons. The Morgan fingerprint density at radius 1 is 1.27 bits per heavy atom. The zero-order chi connectivity index (χ0) is 15.6. The van der Waals surface area contributed by atoms with E-state index >= 15 is 0 Å². The van der Waals surface area contributed by atoms with Crippen LogP contribution in [0, 0.1) is 0 Å². The predicted octanol–water partition coefficient (Wildman–Crippen LogP) is 2.32. The van der Waals surface area contributed by atoms with Crippen LogP contribution < -0.4 is 15.4 Å². The fraction of sp³-hybridized carbons (Fsp3) is 0.588. The highest BCUT2D eigenvalue weighted by atomic mass is 16.5. The van der Waals surface area contributed by atoms with Gasteiger partial charge in [0.15, 0.2) is 5.96 Å². The first-order valence-corrected chi connectivity index (χ1v) is 8.01. The summed E-state index contributed by atoms with van der Waals surface area (Å²) >= 11 is 0. The van der Waals surface area contributed by atoms with Gasteiger partial charge in [0.05, 0.1) is 6.10 Å². The van der Waals surface area contributed by atoms with Crippen LogP contribution in [0.2, 0.25) is 0 Å². The first kappa shape index (κ1) is 16.6. The molecule has 0 heterocycles. The van der Waals surface area contributed by atoms with Crippen LogP contribution in [0.25, 0.3) is 0 Å². The zero-order valence-corrected chi connectivity index (χ0v) is 13.6. The van der Waals surface area contributed by atoms with Crippen LogP contribution in [-0.4, -0.2) is 39.4 Å². The van der Waals surface area contributed by atoms with Gasteiger partial charge in [-0.3, -0.25) is 4.99 Å². The number of guanidine groups is 1. The zero-order valence-electron chi connectivity index (χ0n) is 13.6. The number of aliphatic imine (C=N–C) groups is 1. The van der Waals surface area contributed by atoms with Crippen LogP contribution >= 0.6 is 0 Å². The Bertz CT molecular complexity index is 473. The lowest BCUT2D eigenvalue weighted by molar-refractivity contribution is 0.119. The molecule has 0 aliphatic heterocycles. The lowest BCUT2D eigenvalue weighted by Gasteiger charge is -2.27. The van der Waals surface area contributed by atoms with Gasteiger partial charge < -0.3 is 20.1 Å². The number of ether oxygens (including phenoxy) is 2. The van der Waals surface area contributed by atoms with Gasteiger partial charge in [0.1, 0.15) is 5.75 Å². The molecular formula is C17H27N3O2. The van der Waals surface area contributed by atoms with Gasteiger partial charge in [-0.05, 0) is 31.7 Å². The highest BCUT2D eigenvalue weighted by Gasteiger charge is 2.20. The minimum Gasteiger partial charge on any atom is -0.490 e. The molecule has 0 aromatic heterocycles. The molecule has 1 aromatic carbocycles. The summed E-state index contributed by atoms with van der Waals surface area (Å²) in [5, 5.41) is 6.61. The Kier molecular flexibility index (Phi) is 7.03. The Labute approximate surface area is 133 Å². The minimum atomic E-state index is 0.396. The van der Waals surface area contributed by atoms with E-state index in [0.29, 0.717) is 12.6 Å². The quantitative estimate of drug-likeness (QED) is 0.440. The second kappa shape index (κ2) is 9.30. The minimum absolute atomic E-state index is 0.396. The summed E-state index contributed by atoms with van der Waals surface area (Å²) in [4.78, 5) is 4.23. The summed E-state index contributed by atoms with van der Waals surface area (Å²) in [6, 6.07) is 8.21. The van der Waals surface area contributed by atoms with Crippen molar-refractivity contribution >= 4 is 5.96 Å². The molecule has 0 amide bonds. The second-order valence-corrected chi connectivity index (χ2v) is 5.48. The van der Waals surface area contributed by atoms with E-state index < -0.39 is 0 Å². The number of para-hydroxylation sites is 1. The van der Waals surface area contributed by atoms with Crippen LogP contribution in [-0.2, 0) is 11.3 Å². The highest BCUT2D eigenvalue weighted by molar-refractivity contribution is 5.79. The number of methoxy groups -OCH3 is 1. The van der Waals surface area contributed by atoms with Crippen molar-refractivity contribution in [1.82, 2.24) is 10.6 Å². The van der Waals surface area contributed by atoms with Crippen molar-refractivity contribution in [1.29, 1.82) is 0 Å². The van der Waals surface area contributed by atoms with Crippen molar-refractivity contribution in [2.24, 2.45) is 4.99 Å². The van der Waals surface area contributed by atoms with Crippen LogP contribution in [0.3, 0.4) is 0 Å². The lowest BCUT2D eigenvalue weighted by atomic mass is 9.96. The number of nitrogens with zero attached hydrogens (tertiary/aromatic N) is 1. The average Bonchev–Trinajstić information content (AvgIpc) is 2.51. The van der Waals surface area contributed by atoms with Crippen LogP contribution in [0.4, 0.5) is 0 Å². The largest absolute Gasteiger partial charge is 0.490 e. The van der Waals surface area contributed by atoms with E-state index in [1.165, 1.54) is 19.3 Å². The molecule has 122 valence electrons. The Morgan fingerprint density at radius 2 is 2.09 bits per heavy atom. The van der Waals surface area contributed by atoms with Gasteiger partial charge in [0.2, 0.25) is 0 Å². The number of nitrogens with one attached hydrogen (secondary N) is 2. The topological polar surface area (TPSA) is 54.9 Å². The van der Waals surface area contributed by atoms with Gasteiger partial charge in [-0.25, -0.2) is 0 Å². The van der Waals surface area contributed by atoms with Crippen molar-refractivity contribution < 1.29 is 9.47 Å². The molecule has 1 aliphatic carbocycles. The summed E-state index contributed by atoms with van der Waals surface area (Å²) in [5.74, 6) is 1.78. The van der Waals surface area contributed by atoms with E-state index in [1.807, 2.05) is 18.2 Å². The molecule has 2 rings (SSSR count). The molecule has 0 unspecified atom stereocenters. The van der Waals surface area contributed by atoms with E-state index in [1.54, 1.807) is 14.2 Å². The molecular weight excluding hydrogens is 278 g/mol. The third-order valence-electron chi connectivity index (χ3n) is 3.81. The maximum atomic E-state index is 6.04. The number of benzene rings is 1. The molecule has 0 spiro atoms. The van der Waals surface area contributed by atoms with Gasteiger partial charge >= 0.3 is 0 Å². The van der Waals surface area contributed by atoms with Crippen molar-refractivity contribution in [3.8, 4) is 5.75 Å². The van der Waals surface area contributed by atoms with Crippen molar-refractivity contribution in [2.45, 2.75) is 38.3 Å². The monoisotopic (exact) mass is 305 g/mol. The third-order valence-corrected chi connectivity index (χ3v) is 3.81. The molecule has 0 atom stereocenters. The Balaban J connectivity index is 1.81. The fourth-order valence-electron chi connectivity index (χ4n) is 2.26. The van der Waals surface area contributed by atoms with E-state index in [4.69, 9.17) is 9.47 Å². The molecule has 5 heteroatoms. The van der Waals surface area contributed by atoms with Gasteiger partial charge in [0.25, 0.3) is 0 Å². The van der Waals surface area contributed by atoms with E-state index in [2.05, 4.69) is 21.7 Å². The number of rotatable bonds is 8. The van der Waals surface area contributed by atoms with Crippen LogP contribution in [0.5, 0.6) is 5.75 Å². The summed E-state index contributed by atoms with van der Waals surface area (Å²) in [6.45, 7) is 2.29. The first-order valence-electron chi connectivity index (χ1n) is 8.01. The predicted molar refractivity (Wildman–Crippen MR) is 89.4 cm³/mol. The molecule has 1 fully saturated rings. The standard InChI is InChI=1S/C17H27N3O2/c1-18-17(19-11-6-12-21-2)20-13-14-7-3-4-10-16(14)22-15-8-5-9-15/h3-4,7,10,15H,5-6,8-9,11-13H2,1-2H3,(H2,18,19,20). The van der Waals surface area contributed by atoms with Gasteiger partial charge in [0, 0.05) is 39.4 Å². The van der Waals surface area contributed by atoms with Gasteiger partial charge in [-0.2, -0.15) is 0 Å². The van der Waals surface area contributed by atoms with Gasteiger partial charge in [-0.1, -0.05) is 18.2 Å². The van der Waals surface area contributed by atoms with Crippen molar-refractivity contribution in [3.63, 3.8) is 0 Å². The lowest BCUT2D eigenvalue weighted by Crippen LogP contribution is -2.37. The maximum absolute atomic E-state index is 6.04. The van der Waals surface area contributed by atoms with E-state index in [9.17, 15) is 0 Å². The summed E-state index contributed by atoms with van der Waals surface area (Å²) in [6.07, 6.45) is 4.98. The maximum Gasteiger partial charge on any atom is 0.191 e. The van der Waals surface area contributed by atoms with Crippen molar-refractivity contribution in [2.75, 3.05) is 27.3 Å². The third kappa shape index (κ3) is 5.22. The average molecular weight is 305 g/mol. The number of hydrogen-bond donors (Lipinski definition) is 2. The first-order chi connectivity index (χ1) is 10.8. The normalized spacial score (nSPS) is 15.3. The molecule has 1 aliphatic rings. The van der Waals surface area contributed by atoms with Crippen LogP contribution in [0.1, 0.15) is 31.2 Å². The molecule has 1 aromatic rings.